The molecule has 2 fully saturated rings. The lowest BCUT2D eigenvalue weighted by atomic mass is 9.78. The third kappa shape index (κ3) is 3.30. The molecule has 25 heavy (non-hydrogen) atoms. The standard InChI is InChI=1S/C20H24N2O2S/c1-24-16-9-4-7-15(12-16)19-21-17(13-25-19)20(23)22-11-5-8-14-6-2-3-10-18(14)22/h4,7,9,12-14,18H,2-3,5-6,8,10-11H2,1H3. The van der Waals surface area contributed by atoms with Crippen molar-refractivity contribution in [2.75, 3.05) is 13.7 Å². The Kier molecular flexibility index (Phi) is 4.75. The molecular formula is C20H24N2O2S. The highest BCUT2D eigenvalue weighted by atomic mass is 32.1. The Hall–Kier alpha value is -1.88. The number of rotatable bonds is 3. The number of benzene rings is 1. The highest BCUT2D eigenvalue weighted by molar-refractivity contribution is 7.13. The van der Waals surface area contributed by atoms with Gasteiger partial charge < -0.3 is 9.64 Å². The van der Waals surface area contributed by atoms with Crippen molar-refractivity contribution in [3.63, 3.8) is 0 Å². The average Bonchev–Trinajstić information content (AvgIpc) is 3.17. The van der Waals surface area contributed by atoms with E-state index >= 15 is 0 Å². The summed E-state index contributed by atoms with van der Waals surface area (Å²) in [5, 5.41) is 2.78. The van der Waals surface area contributed by atoms with E-state index in [1.807, 2.05) is 29.6 Å². The van der Waals surface area contributed by atoms with E-state index < -0.39 is 0 Å². The number of methoxy groups -OCH3 is 1. The number of ether oxygens (including phenoxy) is 1. The Morgan fingerprint density at radius 3 is 2.96 bits per heavy atom. The number of likely N-dealkylation sites (tertiary alicyclic amines) is 1. The minimum Gasteiger partial charge on any atom is -0.497 e. The first-order valence-electron chi connectivity index (χ1n) is 9.17. The fourth-order valence-electron chi connectivity index (χ4n) is 4.28. The largest absolute Gasteiger partial charge is 0.497 e. The van der Waals surface area contributed by atoms with Gasteiger partial charge in [0.05, 0.1) is 7.11 Å². The van der Waals surface area contributed by atoms with Crippen LogP contribution in [0.25, 0.3) is 10.6 Å². The number of carbonyl (C=O) groups is 1. The van der Waals surface area contributed by atoms with Crippen LogP contribution in [0.2, 0.25) is 0 Å². The molecule has 1 saturated heterocycles. The second-order valence-electron chi connectivity index (χ2n) is 7.02. The summed E-state index contributed by atoms with van der Waals surface area (Å²) in [5.74, 6) is 1.62. The van der Waals surface area contributed by atoms with Crippen LogP contribution >= 0.6 is 11.3 Å². The van der Waals surface area contributed by atoms with Crippen LogP contribution in [0.15, 0.2) is 29.6 Å². The number of thiazole rings is 1. The van der Waals surface area contributed by atoms with Crippen LogP contribution in [-0.4, -0.2) is 35.5 Å². The van der Waals surface area contributed by atoms with Crippen LogP contribution in [0.4, 0.5) is 0 Å². The zero-order valence-corrected chi connectivity index (χ0v) is 15.4. The fourth-order valence-corrected chi connectivity index (χ4v) is 5.08. The van der Waals surface area contributed by atoms with E-state index in [0.717, 1.165) is 35.7 Å². The van der Waals surface area contributed by atoms with Gasteiger partial charge in [-0.15, -0.1) is 11.3 Å². The van der Waals surface area contributed by atoms with Crippen molar-refractivity contribution in [3.05, 3.63) is 35.3 Å². The first kappa shape index (κ1) is 16.6. The molecule has 2 aliphatic rings. The zero-order chi connectivity index (χ0) is 17.2. The summed E-state index contributed by atoms with van der Waals surface area (Å²) in [5.41, 5.74) is 1.59. The van der Waals surface area contributed by atoms with Crippen molar-refractivity contribution in [2.45, 2.75) is 44.6 Å². The van der Waals surface area contributed by atoms with Gasteiger partial charge in [0.2, 0.25) is 0 Å². The summed E-state index contributed by atoms with van der Waals surface area (Å²) in [6.07, 6.45) is 7.40. The van der Waals surface area contributed by atoms with Gasteiger partial charge in [-0.2, -0.15) is 0 Å². The molecule has 0 spiro atoms. The molecule has 4 rings (SSSR count). The minimum absolute atomic E-state index is 0.113. The van der Waals surface area contributed by atoms with Gasteiger partial charge in [-0.25, -0.2) is 4.98 Å². The van der Waals surface area contributed by atoms with Crippen molar-refractivity contribution in [3.8, 4) is 16.3 Å². The topological polar surface area (TPSA) is 42.4 Å². The molecular weight excluding hydrogens is 332 g/mol. The lowest BCUT2D eigenvalue weighted by Gasteiger charge is -2.43. The van der Waals surface area contributed by atoms with Gasteiger partial charge in [0.25, 0.3) is 5.91 Å². The van der Waals surface area contributed by atoms with Crippen molar-refractivity contribution >= 4 is 17.2 Å². The molecule has 4 nitrogen and oxygen atoms in total. The molecule has 1 aromatic heterocycles. The zero-order valence-electron chi connectivity index (χ0n) is 14.6. The van der Waals surface area contributed by atoms with E-state index in [-0.39, 0.29) is 5.91 Å². The molecule has 5 heteroatoms. The molecule has 1 amide bonds. The maximum absolute atomic E-state index is 13.1. The Morgan fingerprint density at radius 1 is 1.24 bits per heavy atom. The van der Waals surface area contributed by atoms with Crippen LogP contribution in [0.3, 0.4) is 0 Å². The first-order chi connectivity index (χ1) is 12.3. The lowest BCUT2D eigenvalue weighted by molar-refractivity contribution is 0.0386. The summed E-state index contributed by atoms with van der Waals surface area (Å²) >= 11 is 1.53. The number of piperidine rings is 1. The molecule has 0 N–H and O–H groups in total. The van der Waals surface area contributed by atoms with Crippen LogP contribution in [-0.2, 0) is 0 Å². The smallest absolute Gasteiger partial charge is 0.273 e. The number of amides is 1. The van der Waals surface area contributed by atoms with Crippen molar-refractivity contribution in [1.82, 2.24) is 9.88 Å². The average molecular weight is 356 g/mol. The molecule has 2 unspecified atom stereocenters. The third-order valence-corrected chi connectivity index (χ3v) is 6.44. The maximum Gasteiger partial charge on any atom is 0.273 e. The number of hydrogen-bond donors (Lipinski definition) is 0. The third-order valence-electron chi connectivity index (χ3n) is 5.54. The van der Waals surface area contributed by atoms with E-state index in [1.165, 1.54) is 37.0 Å². The summed E-state index contributed by atoms with van der Waals surface area (Å²) in [6.45, 7) is 0.881. The van der Waals surface area contributed by atoms with Crippen LogP contribution in [0.1, 0.15) is 49.0 Å². The molecule has 0 radical (unpaired) electrons. The highest BCUT2D eigenvalue weighted by Crippen LogP contribution is 2.36. The fraction of sp³-hybridized carbons (Fsp3) is 0.500. The van der Waals surface area contributed by atoms with E-state index in [0.29, 0.717) is 17.7 Å². The molecule has 1 aliphatic carbocycles. The SMILES string of the molecule is COc1cccc(-c2nc(C(=O)N3CCCC4CCCCC43)cs2)c1. The molecule has 1 saturated carbocycles. The van der Waals surface area contributed by atoms with Crippen molar-refractivity contribution < 1.29 is 9.53 Å². The Bertz CT molecular complexity index is 756. The first-order valence-corrected chi connectivity index (χ1v) is 10.0. The van der Waals surface area contributed by atoms with Gasteiger partial charge in [0, 0.05) is 23.5 Å². The number of aromatic nitrogens is 1. The quantitative estimate of drug-likeness (QED) is 0.806. The number of carbonyl (C=O) groups excluding carboxylic acids is 1. The summed E-state index contributed by atoms with van der Waals surface area (Å²) < 4.78 is 5.29. The van der Waals surface area contributed by atoms with E-state index in [1.54, 1.807) is 7.11 Å². The molecule has 2 aromatic rings. The Labute approximate surface area is 152 Å². The lowest BCUT2D eigenvalue weighted by Crippen LogP contribution is -2.49. The Balaban J connectivity index is 1.55. The van der Waals surface area contributed by atoms with E-state index in [2.05, 4.69) is 9.88 Å². The van der Waals surface area contributed by atoms with Gasteiger partial charge in [-0.05, 0) is 43.7 Å². The predicted molar refractivity (Wildman–Crippen MR) is 100 cm³/mol. The molecule has 1 aromatic carbocycles. The van der Waals surface area contributed by atoms with E-state index in [4.69, 9.17) is 4.74 Å². The maximum atomic E-state index is 13.1. The number of fused-ring (bicyclic) bond motifs is 1. The van der Waals surface area contributed by atoms with Gasteiger partial charge in [0.1, 0.15) is 16.5 Å². The molecule has 2 atom stereocenters. The molecule has 132 valence electrons. The second-order valence-corrected chi connectivity index (χ2v) is 7.88. The molecule has 1 aliphatic heterocycles. The Morgan fingerprint density at radius 2 is 2.08 bits per heavy atom. The molecule has 2 heterocycles. The van der Waals surface area contributed by atoms with E-state index in [9.17, 15) is 4.79 Å². The number of hydrogen-bond acceptors (Lipinski definition) is 4. The monoisotopic (exact) mass is 356 g/mol. The van der Waals surface area contributed by atoms with Crippen molar-refractivity contribution in [2.24, 2.45) is 5.92 Å². The van der Waals surface area contributed by atoms with Crippen LogP contribution in [0.5, 0.6) is 5.75 Å². The predicted octanol–water partition coefficient (Wildman–Crippen LogP) is 4.61. The second kappa shape index (κ2) is 7.16. The van der Waals surface area contributed by atoms with Crippen molar-refractivity contribution in [1.29, 1.82) is 0 Å². The summed E-state index contributed by atoms with van der Waals surface area (Å²) in [4.78, 5) is 19.8. The van der Waals surface area contributed by atoms with Crippen LogP contribution < -0.4 is 4.74 Å². The summed E-state index contributed by atoms with van der Waals surface area (Å²) in [7, 11) is 1.66. The van der Waals surface area contributed by atoms with Gasteiger partial charge in [-0.1, -0.05) is 25.0 Å². The van der Waals surface area contributed by atoms with Gasteiger partial charge in [-0.3, -0.25) is 4.79 Å². The highest BCUT2D eigenvalue weighted by Gasteiger charge is 2.36. The minimum atomic E-state index is 0.113. The van der Waals surface area contributed by atoms with Gasteiger partial charge in [0.15, 0.2) is 0 Å². The van der Waals surface area contributed by atoms with Crippen LogP contribution in [0, 0.1) is 5.92 Å². The number of nitrogens with zero attached hydrogens (tertiary/aromatic N) is 2. The normalized spacial score (nSPS) is 23.2. The summed E-state index contributed by atoms with van der Waals surface area (Å²) in [6, 6.07) is 8.27. The molecule has 0 bridgehead atoms. The van der Waals surface area contributed by atoms with Gasteiger partial charge >= 0.3 is 0 Å².